The predicted molar refractivity (Wildman–Crippen MR) is 310 cm³/mol. The molecule has 2 atom stereocenters. The van der Waals surface area contributed by atoms with Crippen LogP contribution in [0, 0.1) is 34.2 Å². The van der Waals surface area contributed by atoms with E-state index in [2.05, 4.69) is 96.9 Å². The summed E-state index contributed by atoms with van der Waals surface area (Å²) in [7, 11) is -1.71. The summed E-state index contributed by atoms with van der Waals surface area (Å²) in [5.74, 6) is 0.162. The van der Waals surface area contributed by atoms with Crippen LogP contribution < -0.4 is 29.1 Å². The molecule has 1 amide bonds. The SMILES string of the molecule is COc1nc2[nH]cc(F)c2cc1Oc1cc(N2CCC3(CC2)CC(N2C[C@H](C)N(Cc4ccc(OC)c5oc(C)cc45)C[C@H]2c2ccccc2C(C)C)C3)ccc1C(=O)NS(=O)(=O)c1cnc(NCC2CCC(C)(O)CC2)c([N+](=O)[O-])c1. The van der Waals surface area contributed by atoms with Gasteiger partial charge in [-0.15, -0.1) is 0 Å². The summed E-state index contributed by atoms with van der Waals surface area (Å²) in [6.07, 6.45) is 8.69. The number of H-pyrrole nitrogens is 1. The fourth-order valence-corrected chi connectivity index (χ4v) is 14.0. The first kappa shape index (κ1) is 56.5. The topological polar surface area (TPSA) is 231 Å². The van der Waals surface area contributed by atoms with Crippen LogP contribution in [0.25, 0.3) is 22.0 Å². The van der Waals surface area contributed by atoms with E-state index in [0.717, 1.165) is 91.9 Å². The third-order valence-corrected chi connectivity index (χ3v) is 19.1. The number of aryl methyl sites for hydroxylation is 1. The number of furan rings is 1. The first-order chi connectivity index (χ1) is 39.2. The monoisotopic (exact) mass is 1140 g/mol. The van der Waals surface area contributed by atoms with Crippen LogP contribution >= 0.6 is 0 Å². The smallest absolute Gasteiger partial charge is 0.312 e. The number of ether oxygens (including phenoxy) is 3. The van der Waals surface area contributed by atoms with Gasteiger partial charge in [0, 0.05) is 92.9 Å². The van der Waals surface area contributed by atoms with Crippen LogP contribution in [0.1, 0.15) is 124 Å². The number of nitrogens with one attached hydrogen (secondary N) is 3. The number of fused-ring (bicyclic) bond motifs is 2. The molecule has 2 saturated heterocycles. The molecule has 6 heterocycles. The average molecular weight is 1140 g/mol. The Morgan fingerprint density at radius 3 is 2.45 bits per heavy atom. The third-order valence-electron chi connectivity index (χ3n) is 17.8. The van der Waals surface area contributed by atoms with Crippen LogP contribution in [0.15, 0.2) is 94.5 Å². The summed E-state index contributed by atoms with van der Waals surface area (Å²) >= 11 is 0. The first-order valence-electron chi connectivity index (χ1n) is 28.3. The molecule has 434 valence electrons. The van der Waals surface area contributed by atoms with Gasteiger partial charge in [-0.05, 0) is 130 Å². The third kappa shape index (κ3) is 11.3. The number of methoxy groups -OCH3 is 2. The highest BCUT2D eigenvalue weighted by molar-refractivity contribution is 7.90. The predicted octanol–water partition coefficient (Wildman–Crippen LogP) is 11.2. The van der Waals surface area contributed by atoms with E-state index in [-0.39, 0.29) is 63.2 Å². The van der Waals surface area contributed by atoms with E-state index in [0.29, 0.717) is 57.3 Å². The minimum atomic E-state index is -4.76. The summed E-state index contributed by atoms with van der Waals surface area (Å²) < 4.78 is 68.7. The lowest BCUT2D eigenvalue weighted by Crippen LogP contribution is -2.61. The van der Waals surface area contributed by atoms with E-state index < -0.39 is 42.9 Å². The molecule has 7 aromatic rings. The van der Waals surface area contributed by atoms with Crippen molar-refractivity contribution in [3.63, 3.8) is 0 Å². The number of carbonyl (C=O) groups is 1. The number of nitro groups is 1. The van der Waals surface area contributed by atoms with Crippen LogP contribution in [-0.4, -0.2) is 114 Å². The molecule has 4 aromatic heterocycles. The van der Waals surface area contributed by atoms with Crippen LogP contribution in [0.2, 0.25) is 0 Å². The quantitative estimate of drug-likeness (QED) is 0.0491. The molecule has 19 nitrogen and oxygen atoms in total. The zero-order chi connectivity index (χ0) is 57.8. The van der Waals surface area contributed by atoms with E-state index in [4.69, 9.17) is 18.6 Å². The van der Waals surface area contributed by atoms with Gasteiger partial charge in [0.05, 0.1) is 41.9 Å². The van der Waals surface area contributed by atoms with Crippen molar-refractivity contribution in [3.8, 4) is 23.1 Å². The molecule has 0 unspecified atom stereocenters. The van der Waals surface area contributed by atoms with Gasteiger partial charge in [-0.3, -0.25) is 24.7 Å². The molecule has 1 spiro atoms. The van der Waals surface area contributed by atoms with Gasteiger partial charge in [0.2, 0.25) is 5.82 Å². The molecule has 21 heteroatoms. The van der Waals surface area contributed by atoms with Crippen molar-refractivity contribution in [1.82, 2.24) is 29.5 Å². The van der Waals surface area contributed by atoms with E-state index in [1.54, 1.807) is 26.2 Å². The maximum atomic E-state index is 15.0. The largest absolute Gasteiger partial charge is 0.493 e. The fourth-order valence-electron chi connectivity index (χ4n) is 13.0. The summed E-state index contributed by atoms with van der Waals surface area (Å²) in [6, 6.07) is 23.2. The van der Waals surface area contributed by atoms with Crippen molar-refractivity contribution < 1.29 is 46.3 Å². The molecule has 11 rings (SSSR count). The first-order valence-corrected chi connectivity index (χ1v) is 29.8. The maximum Gasteiger partial charge on any atom is 0.312 e. The van der Waals surface area contributed by atoms with E-state index >= 15 is 0 Å². The Labute approximate surface area is 476 Å². The highest BCUT2D eigenvalue weighted by Gasteiger charge is 2.51. The number of halogens is 1. The van der Waals surface area contributed by atoms with Crippen molar-refractivity contribution >= 4 is 55.1 Å². The molecule has 3 aromatic carbocycles. The number of aromatic nitrogens is 3. The van der Waals surface area contributed by atoms with Gasteiger partial charge in [0.1, 0.15) is 27.9 Å². The number of hydrogen-bond donors (Lipinski definition) is 4. The Bertz CT molecular complexity index is 3650. The number of anilines is 2. The number of rotatable bonds is 17. The fraction of sp³-hybridized carbons (Fsp3) is 0.459. The molecule has 2 aliphatic heterocycles. The number of benzene rings is 3. The Hall–Kier alpha value is -7.33. The number of hydrogen-bond acceptors (Lipinski definition) is 16. The van der Waals surface area contributed by atoms with Crippen molar-refractivity contribution in [1.29, 1.82) is 0 Å². The molecule has 2 saturated carbocycles. The number of aromatic amines is 1. The van der Waals surface area contributed by atoms with Crippen LogP contribution in [0.5, 0.6) is 23.1 Å². The zero-order valence-corrected chi connectivity index (χ0v) is 48.3. The molecule has 4 fully saturated rings. The highest BCUT2D eigenvalue weighted by Crippen LogP contribution is 2.54. The van der Waals surface area contributed by atoms with Crippen LogP contribution in [-0.2, 0) is 16.6 Å². The number of aliphatic hydroxyl groups is 1. The van der Waals surface area contributed by atoms with Crippen molar-refractivity contribution in [2.24, 2.45) is 11.3 Å². The Kier molecular flexibility index (Phi) is 15.5. The van der Waals surface area contributed by atoms with Gasteiger partial charge in [-0.2, -0.15) is 4.98 Å². The lowest BCUT2D eigenvalue weighted by molar-refractivity contribution is -0.384. The maximum absolute atomic E-state index is 15.0. The molecule has 0 bridgehead atoms. The molecule has 4 aliphatic rings. The second kappa shape index (κ2) is 22.4. The summed E-state index contributed by atoms with van der Waals surface area (Å²) in [6.45, 7) is 15.0. The standard InChI is InChI=1S/C61H72FN9O10S/c1-36(2)44-10-8-9-11-45(44)51-35-69(34-40-12-15-52(78-6)55-47(40)24-38(4)80-55)37(3)33-70(51)42-28-61(29-42)20-22-68(23-21-61)41-13-14-46(53(25-41)81-54-27-48-49(62)32-65-56(48)66-59(54)79-7)58(72)67-82(76,77)43-26-50(71(74)75)57(64-31-43)63-30-39-16-18-60(5,73)19-17-39/h8-15,24-27,31-32,36-37,39,42,51,73H,16-23,28-30,33-35H2,1-7H3,(H,63,64)(H,65,66)(H,67,72)/t37-,39?,51-,60?/m0/s1. The van der Waals surface area contributed by atoms with Crippen molar-refractivity contribution in [3.05, 3.63) is 129 Å². The average Bonchev–Trinajstić information content (AvgIpc) is 4.16. The van der Waals surface area contributed by atoms with E-state index in [1.165, 1.54) is 35.9 Å². The van der Waals surface area contributed by atoms with Crippen LogP contribution in [0.4, 0.5) is 21.6 Å². The second-order valence-corrected chi connectivity index (χ2v) is 25.4. The zero-order valence-electron chi connectivity index (χ0n) is 47.5. The molecule has 4 N–H and O–H groups in total. The molecule has 2 aliphatic carbocycles. The Morgan fingerprint density at radius 2 is 1.73 bits per heavy atom. The number of pyridine rings is 2. The minimum absolute atomic E-state index is 0.0191. The Morgan fingerprint density at radius 1 is 0.976 bits per heavy atom. The van der Waals surface area contributed by atoms with Crippen LogP contribution in [0.3, 0.4) is 0 Å². The molecule has 0 radical (unpaired) electrons. The number of piperidine rings is 1. The normalized spacial score (nSPS) is 21.7. The van der Waals surface area contributed by atoms with E-state index in [9.17, 15) is 32.8 Å². The molecular weight excluding hydrogens is 1070 g/mol. The van der Waals surface area contributed by atoms with Gasteiger partial charge in [0.15, 0.2) is 17.1 Å². The van der Waals surface area contributed by atoms with Gasteiger partial charge < -0.3 is 38.9 Å². The van der Waals surface area contributed by atoms with Gasteiger partial charge >= 0.3 is 5.69 Å². The summed E-state index contributed by atoms with van der Waals surface area (Å²) in [5.41, 5.74) is 4.28. The van der Waals surface area contributed by atoms with Gasteiger partial charge in [-0.25, -0.2) is 22.5 Å². The highest BCUT2D eigenvalue weighted by atomic mass is 32.2. The lowest BCUT2D eigenvalue weighted by Gasteiger charge is -2.59. The minimum Gasteiger partial charge on any atom is -0.493 e. The second-order valence-electron chi connectivity index (χ2n) is 23.7. The molecular formula is C61H72FN9O10S. The van der Waals surface area contributed by atoms with Gasteiger partial charge in [0.25, 0.3) is 21.8 Å². The number of sulfonamides is 1. The summed E-state index contributed by atoms with van der Waals surface area (Å²) in [5, 5.41) is 26.8. The van der Waals surface area contributed by atoms with Crippen molar-refractivity contribution in [2.75, 3.05) is 57.2 Å². The number of nitrogens with zero attached hydrogens (tertiary/aromatic N) is 6. The number of carbonyl (C=O) groups excluding carboxylic acids is 1. The van der Waals surface area contributed by atoms with Crippen molar-refractivity contribution in [2.45, 2.75) is 127 Å². The molecule has 82 heavy (non-hydrogen) atoms. The Balaban J connectivity index is 0.813. The number of piperazine rings is 1. The van der Waals surface area contributed by atoms with E-state index in [1.807, 2.05) is 13.0 Å². The summed E-state index contributed by atoms with van der Waals surface area (Å²) in [4.78, 5) is 44.1. The lowest BCUT2D eigenvalue weighted by atomic mass is 9.59. The number of amides is 1. The van der Waals surface area contributed by atoms with Gasteiger partial charge in [-0.1, -0.05) is 44.2 Å².